The average molecular weight is 348 g/mol. The van der Waals surface area contributed by atoms with Crippen LogP contribution < -0.4 is 14.8 Å². The Hall–Kier alpha value is -2.61. The molecule has 1 amide bonds. The Morgan fingerprint density at radius 2 is 2.17 bits per heavy atom. The molecule has 0 radical (unpaired) electrons. The topological polar surface area (TPSA) is 86.8 Å². The minimum atomic E-state index is -0.659. The van der Waals surface area contributed by atoms with Gasteiger partial charge in [0.25, 0.3) is 0 Å². The number of rotatable bonds is 5. The lowest BCUT2D eigenvalue weighted by molar-refractivity contribution is -0.118. The SMILES string of the molecule is COc1ccc2c(c1OC)C(=O)O[C@H]2CC(=O)Nc1ncc(C)s1. The van der Waals surface area contributed by atoms with Gasteiger partial charge in [-0.3, -0.25) is 4.79 Å². The molecule has 0 bridgehead atoms. The van der Waals surface area contributed by atoms with E-state index in [4.69, 9.17) is 14.2 Å². The summed E-state index contributed by atoms with van der Waals surface area (Å²) in [6.45, 7) is 1.90. The molecule has 126 valence electrons. The fourth-order valence-corrected chi connectivity index (χ4v) is 3.26. The summed E-state index contributed by atoms with van der Waals surface area (Å²) < 4.78 is 15.8. The first-order valence-electron chi connectivity index (χ1n) is 7.21. The van der Waals surface area contributed by atoms with Gasteiger partial charge < -0.3 is 19.5 Å². The summed E-state index contributed by atoms with van der Waals surface area (Å²) >= 11 is 1.38. The zero-order chi connectivity index (χ0) is 17.3. The third kappa shape index (κ3) is 2.92. The molecular formula is C16H16N2O5S. The van der Waals surface area contributed by atoms with Crippen LogP contribution in [0.3, 0.4) is 0 Å². The van der Waals surface area contributed by atoms with E-state index in [1.807, 2.05) is 6.92 Å². The number of aryl methyl sites for hydroxylation is 1. The Balaban J connectivity index is 1.80. The number of thiazole rings is 1. The van der Waals surface area contributed by atoms with Crippen LogP contribution >= 0.6 is 11.3 Å². The molecule has 0 fully saturated rings. The number of hydrogen-bond donors (Lipinski definition) is 1. The van der Waals surface area contributed by atoms with Crippen molar-refractivity contribution in [2.24, 2.45) is 0 Å². The third-order valence-electron chi connectivity index (χ3n) is 3.62. The molecule has 0 spiro atoms. The highest BCUT2D eigenvalue weighted by molar-refractivity contribution is 7.15. The molecule has 0 saturated carbocycles. The summed E-state index contributed by atoms with van der Waals surface area (Å²) in [5, 5.41) is 3.23. The number of carbonyl (C=O) groups excluding carboxylic acids is 2. The van der Waals surface area contributed by atoms with Gasteiger partial charge in [0.1, 0.15) is 11.7 Å². The number of hydrogen-bond acceptors (Lipinski definition) is 7. The summed E-state index contributed by atoms with van der Waals surface area (Å²) in [5.74, 6) is -0.0385. The molecule has 1 aliphatic heterocycles. The van der Waals surface area contributed by atoms with Gasteiger partial charge in [-0.05, 0) is 13.0 Å². The number of fused-ring (bicyclic) bond motifs is 1. The van der Waals surface area contributed by atoms with Crippen molar-refractivity contribution >= 4 is 28.3 Å². The Morgan fingerprint density at radius 3 is 2.79 bits per heavy atom. The summed E-state index contributed by atoms with van der Waals surface area (Å²) in [6, 6.07) is 3.40. The number of amides is 1. The molecule has 7 nitrogen and oxygen atoms in total. The van der Waals surface area contributed by atoms with E-state index >= 15 is 0 Å². The maximum atomic E-state index is 12.2. The molecule has 3 rings (SSSR count). The van der Waals surface area contributed by atoms with Crippen LogP contribution in [-0.2, 0) is 9.53 Å². The Kier molecular flexibility index (Phi) is 4.39. The van der Waals surface area contributed by atoms with E-state index in [-0.39, 0.29) is 12.3 Å². The number of methoxy groups -OCH3 is 2. The van der Waals surface area contributed by atoms with Gasteiger partial charge in [-0.25, -0.2) is 9.78 Å². The third-order valence-corrected chi connectivity index (χ3v) is 4.44. The van der Waals surface area contributed by atoms with E-state index < -0.39 is 12.1 Å². The van der Waals surface area contributed by atoms with Gasteiger partial charge in [-0.2, -0.15) is 0 Å². The largest absolute Gasteiger partial charge is 0.493 e. The first kappa shape index (κ1) is 16.3. The maximum Gasteiger partial charge on any atom is 0.343 e. The van der Waals surface area contributed by atoms with Gasteiger partial charge in [0.2, 0.25) is 5.91 Å². The standard InChI is InChI=1S/C16H16N2O5S/c1-8-7-17-16(24-8)18-12(19)6-11-9-4-5-10(21-2)14(22-3)13(9)15(20)23-11/h4-5,7,11H,6H2,1-3H3,(H,17,18,19)/t11-/m0/s1. The van der Waals surface area contributed by atoms with Crippen molar-refractivity contribution in [1.29, 1.82) is 0 Å². The number of benzene rings is 1. The predicted octanol–water partition coefficient (Wildman–Crippen LogP) is 2.71. The van der Waals surface area contributed by atoms with Crippen molar-refractivity contribution in [1.82, 2.24) is 4.98 Å². The van der Waals surface area contributed by atoms with Crippen molar-refractivity contribution in [2.75, 3.05) is 19.5 Å². The molecule has 0 saturated heterocycles. The molecular weight excluding hydrogens is 332 g/mol. The molecule has 1 atom stereocenters. The molecule has 2 heterocycles. The lowest BCUT2D eigenvalue weighted by atomic mass is 10.0. The number of aromatic nitrogens is 1. The number of anilines is 1. The molecule has 1 aliphatic rings. The van der Waals surface area contributed by atoms with E-state index in [1.165, 1.54) is 25.6 Å². The van der Waals surface area contributed by atoms with Crippen molar-refractivity contribution in [3.63, 3.8) is 0 Å². The van der Waals surface area contributed by atoms with Crippen LogP contribution in [0.25, 0.3) is 0 Å². The van der Waals surface area contributed by atoms with Crippen molar-refractivity contribution in [3.8, 4) is 11.5 Å². The van der Waals surface area contributed by atoms with Crippen molar-refractivity contribution in [3.05, 3.63) is 34.3 Å². The number of nitrogens with one attached hydrogen (secondary N) is 1. The number of esters is 1. The number of nitrogens with zero attached hydrogens (tertiary/aromatic N) is 1. The molecule has 1 aromatic carbocycles. The Morgan fingerprint density at radius 1 is 1.38 bits per heavy atom. The fourth-order valence-electron chi connectivity index (χ4n) is 2.58. The smallest absolute Gasteiger partial charge is 0.343 e. The van der Waals surface area contributed by atoms with Crippen LogP contribution in [0.5, 0.6) is 11.5 Å². The summed E-state index contributed by atoms with van der Waals surface area (Å²) in [7, 11) is 2.95. The average Bonchev–Trinajstić information content (AvgIpc) is 3.10. The Labute approximate surface area is 142 Å². The molecule has 24 heavy (non-hydrogen) atoms. The lowest BCUT2D eigenvalue weighted by Gasteiger charge is -2.12. The second kappa shape index (κ2) is 6.48. The predicted molar refractivity (Wildman–Crippen MR) is 87.8 cm³/mol. The highest BCUT2D eigenvalue weighted by Gasteiger charge is 2.36. The van der Waals surface area contributed by atoms with E-state index in [0.717, 1.165) is 4.88 Å². The molecule has 0 aliphatic carbocycles. The zero-order valence-electron chi connectivity index (χ0n) is 13.4. The molecule has 1 N–H and O–H groups in total. The fraction of sp³-hybridized carbons (Fsp3) is 0.312. The maximum absolute atomic E-state index is 12.2. The second-order valence-electron chi connectivity index (χ2n) is 5.19. The van der Waals surface area contributed by atoms with E-state index in [2.05, 4.69) is 10.3 Å². The van der Waals surface area contributed by atoms with Gasteiger partial charge in [0, 0.05) is 16.6 Å². The van der Waals surface area contributed by atoms with Gasteiger partial charge >= 0.3 is 5.97 Å². The first-order valence-corrected chi connectivity index (χ1v) is 8.03. The van der Waals surface area contributed by atoms with Gasteiger partial charge in [-0.15, -0.1) is 11.3 Å². The van der Waals surface area contributed by atoms with Gasteiger partial charge in [0.15, 0.2) is 16.6 Å². The molecule has 1 aromatic heterocycles. The van der Waals surface area contributed by atoms with Crippen LogP contribution in [0.4, 0.5) is 5.13 Å². The minimum Gasteiger partial charge on any atom is -0.493 e. The monoisotopic (exact) mass is 348 g/mol. The number of carbonyl (C=O) groups is 2. The van der Waals surface area contributed by atoms with E-state index in [9.17, 15) is 9.59 Å². The van der Waals surface area contributed by atoms with Crippen LogP contribution in [0.2, 0.25) is 0 Å². The normalized spacial score (nSPS) is 15.6. The van der Waals surface area contributed by atoms with Crippen LogP contribution in [0, 0.1) is 6.92 Å². The lowest BCUT2D eigenvalue weighted by Crippen LogP contribution is -2.15. The van der Waals surface area contributed by atoms with Crippen LogP contribution in [-0.4, -0.2) is 31.1 Å². The quantitative estimate of drug-likeness (QED) is 0.836. The summed E-state index contributed by atoms with van der Waals surface area (Å²) in [5.41, 5.74) is 0.919. The highest BCUT2D eigenvalue weighted by atomic mass is 32.1. The highest BCUT2D eigenvalue weighted by Crippen LogP contribution is 2.43. The summed E-state index contributed by atoms with van der Waals surface area (Å²) in [4.78, 5) is 29.4. The van der Waals surface area contributed by atoms with Crippen molar-refractivity contribution in [2.45, 2.75) is 19.4 Å². The number of cyclic esters (lactones) is 1. The zero-order valence-corrected chi connectivity index (χ0v) is 14.2. The van der Waals surface area contributed by atoms with E-state index in [1.54, 1.807) is 18.3 Å². The molecule has 0 unspecified atom stereocenters. The molecule has 8 heteroatoms. The summed E-state index contributed by atoms with van der Waals surface area (Å²) in [6.07, 6.45) is 1.03. The van der Waals surface area contributed by atoms with Gasteiger partial charge in [0.05, 0.1) is 20.6 Å². The first-order chi connectivity index (χ1) is 11.5. The second-order valence-corrected chi connectivity index (χ2v) is 6.42. The molecule has 2 aromatic rings. The van der Waals surface area contributed by atoms with Crippen LogP contribution in [0.1, 0.15) is 33.3 Å². The van der Waals surface area contributed by atoms with Crippen LogP contribution in [0.15, 0.2) is 18.3 Å². The number of ether oxygens (including phenoxy) is 3. The minimum absolute atomic E-state index is 0.00680. The van der Waals surface area contributed by atoms with Crippen molar-refractivity contribution < 1.29 is 23.8 Å². The Bertz CT molecular complexity index is 802. The van der Waals surface area contributed by atoms with Gasteiger partial charge in [-0.1, -0.05) is 6.07 Å². The van der Waals surface area contributed by atoms with E-state index in [0.29, 0.717) is 27.8 Å².